The summed E-state index contributed by atoms with van der Waals surface area (Å²) in [5, 5.41) is 0.453. The molecule has 0 amide bonds. The molecule has 0 bridgehead atoms. The number of hydrogen-bond donors (Lipinski definition) is 0. The first-order valence-corrected chi connectivity index (χ1v) is 15.8. The summed E-state index contributed by atoms with van der Waals surface area (Å²) in [6.45, 7) is 26.4. The lowest BCUT2D eigenvalue weighted by molar-refractivity contribution is 0.0249. The van der Waals surface area contributed by atoms with Crippen LogP contribution in [0.4, 0.5) is 0 Å². The Kier molecular flexibility index (Phi) is 7.04. The van der Waals surface area contributed by atoms with Crippen molar-refractivity contribution >= 4 is 16.6 Å². The molecule has 0 aromatic heterocycles. The molecule has 0 unspecified atom stereocenters. The molecular weight excluding hydrogens is 340 g/mol. The van der Waals surface area contributed by atoms with Crippen molar-refractivity contribution in [2.45, 2.75) is 110 Å². The van der Waals surface area contributed by atoms with Gasteiger partial charge in [-0.05, 0) is 55.5 Å². The van der Waals surface area contributed by atoms with Crippen LogP contribution in [0.5, 0.6) is 0 Å². The topological polar surface area (TPSA) is 18.5 Å². The summed E-state index contributed by atoms with van der Waals surface area (Å²) in [5.41, 5.74) is 0.0934. The van der Waals surface area contributed by atoms with Gasteiger partial charge in [0.05, 0.1) is 12.7 Å². The lowest BCUT2D eigenvalue weighted by Crippen LogP contribution is -2.52. The van der Waals surface area contributed by atoms with E-state index in [0.29, 0.717) is 0 Å². The molecule has 0 heterocycles. The van der Waals surface area contributed by atoms with Crippen LogP contribution in [0.15, 0.2) is 12.2 Å². The molecule has 0 aromatic rings. The normalized spacial score (nSPS) is 24.4. The molecule has 0 aromatic carbocycles. The van der Waals surface area contributed by atoms with Crippen molar-refractivity contribution in [2.75, 3.05) is 6.61 Å². The van der Waals surface area contributed by atoms with E-state index in [2.05, 4.69) is 86.8 Å². The van der Waals surface area contributed by atoms with Crippen molar-refractivity contribution in [3.05, 3.63) is 12.2 Å². The SMILES string of the molecule is CC(C)(C)[Si](C)(C)OC[C@H](O[Si](C)(C)C(C)(C)C)[C@@]1(C)C=CCCC1. The van der Waals surface area contributed by atoms with Crippen LogP contribution in [0.3, 0.4) is 0 Å². The monoisotopic (exact) mass is 384 g/mol. The highest BCUT2D eigenvalue weighted by atomic mass is 28.4. The minimum Gasteiger partial charge on any atom is -0.414 e. The predicted molar refractivity (Wildman–Crippen MR) is 116 cm³/mol. The van der Waals surface area contributed by atoms with E-state index >= 15 is 0 Å². The Morgan fingerprint density at radius 2 is 1.48 bits per heavy atom. The van der Waals surface area contributed by atoms with Gasteiger partial charge in [-0.1, -0.05) is 60.6 Å². The van der Waals surface area contributed by atoms with Crippen LogP contribution in [0, 0.1) is 5.41 Å². The third-order valence-corrected chi connectivity index (χ3v) is 16.0. The summed E-state index contributed by atoms with van der Waals surface area (Å²) in [5.74, 6) is 0. The molecule has 2 atom stereocenters. The van der Waals surface area contributed by atoms with Crippen LogP contribution in [-0.4, -0.2) is 29.3 Å². The second kappa shape index (κ2) is 7.61. The molecule has 0 spiro atoms. The summed E-state index contributed by atoms with van der Waals surface area (Å²) in [6, 6.07) is 0. The zero-order valence-corrected chi connectivity index (χ0v) is 20.9. The molecule has 2 nitrogen and oxygen atoms in total. The van der Waals surface area contributed by atoms with Crippen LogP contribution in [0.25, 0.3) is 0 Å². The van der Waals surface area contributed by atoms with Gasteiger partial charge >= 0.3 is 0 Å². The van der Waals surface area contributed by atoms with Gasteiger partial charge in [-0.2, -0.15) is 0 Å². The predicted octanol–water partition coefficient (Wildman–Crippen LogP) is 7.15. The van der Waals surface area contributed by atoms with Gasteiger partial charge < -0.3 is 8.85 Å². The van der Waals surface area contributed by atoms with Gasteiger partial charge in [0.2, 0.25) is 0 Å². The highest BCUT2D eigenvalue weighted by Gasteiger charge is 2.45. The third kappa shape index (κ3) is 5.78. The largest absolute Gasteiger partial charge is 0.414 e. The molecule has 4 heteroatoms. The highest BCUT2D eigenvalue weighted by Crippen LogP contribution is 2.44. The van der Waals surface area contributed by atoms with Gasteiger partial charge in [0.25, 0.3) is 0 Å². The minimum atomic E-state index is -1.84. The molecule has 0 N–H and O–H groups in total. The van der Waals surface area contributed by atoms with Gasteiger partial charge in [-0.15, -0.1) is 0 Å². The second-order valence-electron chi connectivity index (χ2n) is 11.2. The fourth-order valence-electron chi connectivity index (χ4n) is 2.70. The molecule has 1 rings (SSSR count). The Labute approximate surface area is 160 Å². The Hall–Kier alpha value is 0.0938. The lowest BCUT2D eigenvalue weighted by Gasteiger charge is -2.47. The molecular formula is C21H44O2Si2. The number of rotatable bonds is 6. The Morgan fingerprint density at radius 1 is 0.960 bits per heavy atom. The average Bonchev–Trinajstić information content (AvgIpc) is 2.41. The summed E-state index contributed by atoms with van der Waals surface area (Å²) >= 11 is 0. The molecule has 0 fully saturated rings. The summed E-state index contributed by atoms with van der Waals surface area (Å²) in [4.78, 5) is 0. The smallest absolute Gasteiger partial charge is 0.192 e. The molecule has 1 aliphatic carbocycles. The van der Waals surface area contributed by atoms with Crippen molar-refractivity contribution in [3.8, 4) is 0 Å². The summed E-state index contributed by atoms with van der Waals surface area (Å²) in [6.07, 6.45) is 8.56. The van der Waals surface area contributed by atoms with E-state index in [9.17, 15) is 0 Å². The molecule has 0 radical (unpaired) electrons. The molecule has 0 aliphatic heterocycles. The Bertz CT molecular complexity index is 469. The van der Waals surface area contributed by atoms with Gasteiger partial charge in [0, 0.05) is 5.41 Å². The van der Waals surface area contributed by atoms with E-state index in [4.69, 9.17) is 8.85 Å². The maximum absolute atomic E-state index is 6.94. The van der Waals surface area contributed by atoms with E-state index < -0.39 is 16.6 Å². The van der Waals surface area contributed by atoms with Crippen LogP contribution in [-0.2, 0) is 8.85 Å². The van der Waals surface area contributed by atoms with Crippen LogP contribution >= 0.6 is 0 Å². The maximum atomic E-state index is 6.94. The van der Waals surface area contributed by atoms with Crippen molar-refractivity contribution in [2.24, 2.45) is 5.41 Å². The average molecular weight is 385 g/mol. The van der Waals surface area contributed by atoms with E-state index in [1.807, 2.05) is 0 Å². The van der Waals surface area contributed by atoms with Crippen molar-refractivity contribution in [3.63, 3.8) is 0 Å². The fourth-order valence-corrected chi connectivity index (χ4v) is 5.10. The molecule has 0 saturated carbocycles. The third-order valence-electron chi connectivity index (χ3n) is 6.97. The van der Waals surface area contributed by atoms with Crippen LogP contribution < -0.4 is 0 Å². The fraction of sp³-hybridized carbons (Fsp3) is 0.905. The highest BCUT2D eigenvalue weighted by molar-refractivity contribution is 6.74. The van der Waals surface area contributed by atoms with Crippen molar-refractivity contribution in [1.29, 1.82) is 0 Å². The Balaban J connectivity index is 3.05. The molecule has 0 saturated heterocycles. The first-order chi connectivity index (χ1) is 11.0. The van der Waals surface area contributed by atoms with Gasteiger partial charge in [0.15, 0.2) is 16.6 Å². The van der Waals surface area contributed by atoms with Crippen molar-refractivity contribution in [1.82, 2.24) is 0 Å². The quantitative estimate of drug-likeness (QED) is 0.357. The lowest BCUT2D eigenvalue weighted by atomic mass is 9.76. The standard InChI is InChI=1S/C21H44O2Si2/c1-19(2,3)24(8,9)22-17-18(21(7)15-13-12-14-16-21)23-25(10,11)20(4,5)6/h13,15,18H,12,14,16-17H2,1-11H3/t18-,21-/m0/s1. The van der Waals surface area contributed by atoms with E-state index in [1.165, 1.54) is 19.3 Å². The number of allylic oxidation sites excluding steroid dienone is 1. The first kappa shape index (κ1) is 23.1. The van der Waals surface area contributed by atoms with E-state index in [1.54, 1.807) is 0 Å². The van der Waals surface area contributed by atoms with Gasteiger partial charge in [0.1, 0.15) is 0 Å². The summed E-state index contributed by atoms with van der Waals surface area (Å²) < 4.78 is 13.6. The Morgan fingerprint density at radius 3 is 1.88 bits per heavy atom. The van der Waals surface area contributed by atoms with Gasteiger partial charge in [-0.3, -0.25) is 0 Å². The molecule has 25 heavy (non-hydrogen) atoms. The zero-order chi connectivity index (χ0) is 19.7. The van der Waals surface area contributed by atoms with E-state index in [-0.39, 0.29) is 21.6 Å². The second-order valence-corrected chi connectivity index (χ2v) is 20.8. The van der Waals surface area contributed by atoms with Crippen LogP contribution in [0.1, 0.15) is 67.7 Å². The van der Waals surface area contributed by atoms with E-state index in [0.717, 1.165) is 6.61 Å². The zero-order valence-electron chi connectivity index (χ0n) is 18.9. The first-order valence-electron chi connectivity index (χ1n) is 10.0. The molecule has 148 valence electrons. The summed E-state index contributed by atoms with van der Waals surface area (Å²) in [7, 11) is -3.61. The number of hydrogen-bond acceptors (Lipinski definition) is 2. The molecule has 1 aliphatic rings. The van der Waals surface area contributed by atoms with Gasteiger partial charge in [-0.25, -0.2) is 0 Å². The maximum Gasteiger partial charge on any atom is 0.192 e. The van der Waals surface area contributed by atoms with Crippen molar-refractivity contribution < 1.29 is 8.85 Å². The minimum absolute atomic E-state index is 0.0934. The van der Waals surface area contributed by atoms with Crippen LogP contribution in [0.2, 0.25) is 36.3 Å².